The Morgan fingerprint density at radius 3 is 2.20 bits per heavy atom. The maximum absolute atomic E-state index is 9.40. The number of aromatic hydroxyl groups is 1. The van der Waals surface area contributed by atoms with E-state index in [0.717, 1.165) is 17.8 Å². The van der Waals surface area contributed by atoms with Crippen molar-refractivity contribution in [2.75, 3.05) is 5.32 Å². The van der Waals surface area contributed by atoms with E-state index in [9.17, 15) is 5.11 Å². The van der Waals surface area contributed by atoms with Gasteiger partial charge in [-0.1, -0.05) is 45.0 Å². The second kappa shape index (κ2) is 5.58. The number of hydrogen-bond acceptors (Lipinski definition) is 2. The highest BCUT2D eigenvalue weighted by Gasteiger charge is 2.12. The zero-order valence-electron chi connectivity index (χ0n) is 12.7. The average molecular weight is 269 g/mol. The summed E-state index contributed by atoms with van der Waals surface area (Å²) in [6.07, 6.45) is 0. The Hall–Kier alpha value is -1.96. The van der Waals surface area contributed by atoms with E-state index < -0.39 is 0 Å². The molecule has 0 amide bonds. The molecule has 0 fully saturated rings. The largest absolute Gasteiger partial charge is 0.508 e. The van der Waals surface area contributed by atoms with Crippen molar-refractivity contribution in [2.24, 2.45) is 0 Å². The predicted octanol–water partition coefficient (Wildman–Crippen LogP) is 4.61. The second-order valence-electron chi connectivity index (χ2n) is 6.30. The summed E-state index contributed by atoms with van der Waals surface area (Å²) in [5.41, 5.74) is 4.91. The number of anilines is 1. The summed E-state index contributed by atoms with van der Waals surface area (Å²) in [4.78, 5) is 0. The van der Waals surface area contributed by atoms with Gasteiger partial charge < -0.3 is 10.4 Å². The normalized spacial score (nSPS) is 11.4. The van der Waals surface area contributed by atoms with E-state index in [1.807, 2.05) is 13.0 Å². The molecule has 0 unspecified atom stereocenters. The number of phenolic OH excluding ortho intramolecular Hbond substituents is 1. The van der Waals surface area contributed by atoms with Crippen LogP contribution in [0.15, 0.2) is 42.5 Å². The Morgan fingerprint density at radius 1 is 1.00 bits per heavy atom. The molecule has 0 bridgehead atoms. The first-order valence-corrected chi connectivity index (χ1v) is 6.99. The monoisotopic (exact) mass is 269 g/mol. The van der Waals surface area contributed by atoms with Crippen LogP contribution < -0.4 is 5.32 Å². The molecule has 0 aromatic heterocycles. The van der Waals surface area contributed by atoms with Crippen molar-refractivity contribution in [3.05, 3.63) is 59.2 Å². The Labute approximate surface area is 121 Å². The van der Waals surface area contributed by atoms with Gasteiger partial charge in [0.05, 0.1) is 0 Å². The standard InChI is InChI=1S/C18H23NO/c1-13-11-16(20)9-10-17(13)19-12-14-5-7-15(8-6-14)18(2,3)4/h5-11,19-20H,12H2,1-4H3. The first-order chi connectivity index (χ1) is 9.36. The minimum absolute atomic E-state index is 0.194. The van der Waals surface area contributed by atoms with Crippen LogP contribution >= 0.6 is 0 Å². The molecule has 106 valence electrons. The summed E-state index contributed by atoms with van der Waals surface area (Å²) >= 11 is 0. The zero-order valence-corrected chi connectivity index (χ0v) is 12.7. The van der Waals surface area contributed by atoms with Crippen LogP contribution in [0.3, 0.4) is 0 Å². The molecule has 0 atom stereocenters. The lowest BCUT2D eigenvalue weighted by molar-refractivity contribution is 0.475. The highest BCUT2D eigenvalue weighted by molar-refractivity contribution is 5.53. The van der Waals surface area contributed by atoms with Crippen LogP contribution in [0, 0.1) is 6.92 Å². The average Bonchev–Trinajstić information content (AvgIpc) is 2.37. The van der Waals surface area contributed by atoms with E-state index in [1.165, 1.54) is 11.1 Å². The third-order valence-corrected chi connectivity index (χ3v) is 3.51. The van der Waals surface area contributed by atoms with Crippen LogP contribution in [0.5, 0.6) is 5.75 Å². The minimum Gasteiger partial charge on any atom is -0.508 e. The molecule has 2 aromatic rings. The fraction of sp³-hybridized carbons (Fsp3) is 0.333. The molecule has 2 N–H and O–H groups in total. The van der Waals surface area contributed by atoms with Crippen LogP contribution in [0.2, 0.25) is 0 Å². The molecule has 0 aliphatic carbocycles. The summed E-state index contributed by atoms with van der Waals surface area (Å²) in [5.74, 6) is 0.308. The lowest BCUT2D eigenvalue weighted by atomic mass is 9.87. The SMILES string of the molecule is Cc1cc(O)ccc1NCc1ccc(C(C)(C)C)cc1. The van der Waals surface area contributed by atoms with Crippen LogP contribution in [-0.2, 0) is 12.0 Å². The number of rotatable bonds is 3. The maximum Gasteiger partial charge on any atom is 0.115 e. The van der Waals surface area contributed by atoms with Gasteiger partial charge in [0, 0.05) is 12.2 Å². The molecule has 0 spiro atoms. The van der Waals surface area contributed by atoms with E-state index in [-0.39, 0.29) is 5.41 Å². The van der Waals surface area contributed by atoms with Crippen LogP contribution in [0.4, 0.5) is 5.69 Å². The van der Waals surface area contributed by atoms with Gasteiger partial charge in [-0.25, -0.2) is 0 Å². The van der Waals surface area contributed by atoms with Crippen molar-refractivity contribution in [3.8, 4) is 5.75 Å². The second-order valence-corrected chi connectivity index (χ2v) is 6.30. The van der Waals surface area contributed by atoms with E-state index in [1.54, 1.807) is 12.1 Å². The van der Waals surface area contributed by atoms with Gasteiger partial charge in [-0.15, -0.1) is 0 Å². The van der Waals surface area contributed by atoms with E-state index in [0.29, 0.717) is 5.75 Å². The van der Waals surface area contributed by atoms with Crippen LogP contribution in [-0.4, -0.2) is 5.11 Å². The predicted molar refractivity (Wildman–Crippen MR) is 85.3 cm³/mol. The molecule has 0 aliphatic heterocycles. The van der Waals surface area contributed by atoms with Gasteiger partial charge in [-0.2, -0.15) is 0 Å². The lowest BCUT2D eigenvalue weighted by Crippen LogP contribution is -2.11. The van der Waals surface area contributed by atoms with E-state index in [4.69, 9.17) is 0 Å². The van der Waals surface area contributed by atoms with Gasteiger partial charge in [-0.05, 0) is 47.2 Å². The summed E-state index contributed by atoms with van der Waals surface area (Å²) in [6.45, 7) is 9.45. The smallest absolute Gasteiger partial charge is 0.115 e. The van der Waals surface area contributed by atoms with Gasteiger partial charge in [0.25, 0.3) is 0 Å². The Balaban J connectivity index is 2.04. The number of phenols is 1. The van der Waals surface area contributed by atoms with Gasteiger partial charge in [0.2, 0.25) is 0 Å². The molecule has 2 nitrogen and oxygen atoms in total. The van der Waals surface area contributed by atoms with Crippen molar-refractivity contribution >= 4 is 5.69 Å². The zero-order chi connectivity index (χ0) is 14.8. The summed E-state index contributed by atoms with van der Waals surface area (Å²) < 4.78 is 0. The minimum atomic E-state index is 0.194. The summed E-state index contributed by atoms with van der Waals surface area (Å²) in [7, 11) is 0. The fourth-order valence-corrected chi connectivity index (χ4v) is 2.17. The third kappa shape index (κ3) is 3.53. The van der Waals surface area contributed by atoms with Gasteiger partial charge in [-0.3, -0.25) is 0 Å². The third-order valence-electron chi connectivity index (χ3n) is 3.51. The molecule has 20 heavy (non-hydrogen) atoms. The first-order valence-electron chi connectivity index (χ1n) is 6.99. The number of hydrogen-bond donors (Lipinski definition) is 2. The quantitative estimate of drug-likeness (QED) is 0.797. The molecule has 0 radical (unpaired) electrons. The van der Waals surface area contributed by atoms with Crippen molar-refractivity contribution in [3.63, 3.8) is 0 Å². The highest BCUT2D eigenvalue weighted by Crippen LogP contribution is 2.23. The molecule has 0 aliphatic rings. The van der Waals surface area contributed by atoms with Crippen LogP contribution in [0.25, 0.3) is 0 Å². The van der Waals surface area contributed by atoms with Crippen molar-refractivity contribution in [1.82, 2.24) is 0 Å². The highest BCUT2D eigenvalue weighted by atomic mass is 16.3. The molecule has 0 heterocycles. The summed E-state index contributed by atoms with van der Waals surface area (Å²) in [6, 6.07) is 14.1. The fourth-order valence-electron chi connectivity index (χ4n) is 2.17. The van der Waals surface area contributed by atoms with E-state index in [2.05, 4.69) is 50.4 Å². The van der Waals surface area contributed by atoms with Gasteiger partial charge >= 0.3 is 0 Å². The Morgan fingerprint density at radius 2 is 1.65 bits per heavy atom. The number of benzene rings is 2. The Kier molecular flexibility index (Phi) is 4.03. The van der Waals surface area contributed by atoms with Gasteiger partial charge in [0.1, 0.15) is 5.75 Å². The van der Waals surface area contributed by atoms with Crippen molar-refractivity contribution in [2.45, 2.75) is 39.7 Å². The maximum atomic E-state index is 9.40. The first kappa shape index (κ1) is 14.4. The molecular weight excluding hydrogens is 246 g/mol. The number of nitrogens with one attached hydrogen (secondary N) is 1. The van der Waals surface area contributed by atoms with Crippen molar-refractivity contribution < 1.29 is 5.11 Å². The molecule has 2 aromatic carbocycles. The molecule has 0 saturated carbocycles. The lowest BCUT2D eigenvalue weighted by Gasteiger charge is -2.19. The molecular formula is C18H23NO. The van der Waals surface area contributed by atoms with E-state index >= 15 is 0 Å². The summed E-state index contributed by atoms with van der Waals surface area (Å²) in [5, 5.41) is 12.8. The number of aryl methyl sites for hydroxylation is 1. The molecule has 2 heteroatoms. The van der Waals surface area contributed by atoms with Crippen molar-refractivity contribution in [1.29, 1.82) is 0 Å². The Bertz CT molecular complexity index is 579. The topological polar surface area (TPSA) is 32.3 Å². The van der Waals surface area contributed by atoms with Crippen LogP contribution in [0.1, 0.15) is 37.5 Å². The van der Waals surface area contributed by atoms with Gasteiger partial charge in [0.15, 0.2) is 0 Å². The molecule has 2 rings (SSSR count). The molecule has 0 saturated heterocycles.